The summed E-state index contributed by atoms with van der Waals surface area (Å²) in [5.41, 5.74) is 0. The smallest absolute Gasteiger partial charge is 0.373 e. The van der Waals surface area contributed by atoms with Gasteiger partial charge in [0.25, 0.3) is 0 Å². The first kappa shape index (κ1) is 14.5. The summed E-state index contributed by atoms with van der Waals surface area (Å²) in [4.78, 5) is 0. The lowest BCUT2D eigenvalue weighted by Gasteiger charge is -2.30. The molecule has 15 heavy (non-hydrogen) atoms. The van der Waals surface area contributed by atoms with E-state index < -0.39 is 24.4 Å². The number of ether oxygens (including phenoxy) is 1. The van der Waals surface area contributed by atoms with E-state index in [0.29, 0.717) is 6.42 Å². The molecule has 0 bridgehead atoms. The van der Waals surface area contributed by atoms with E-state index in [2.05, 4.69) is 4.74 Å². The van der Waals surface area contributed by atoms with Crippen molar-refractivity contribution in [1.82, 2.24) is 0 Å². The number of rotatable bonds is 6. The molecule has 0 aromatic heterocycles. The van der Waals surface area contributed by atoms with Gasteiger partial charge in [0.05, 0.1) is 0 Å². The van der Waals surface area contributed by atoms with Crippen LogP contribution in [0, 0.1) is 0 Å². The van der Waals surface area contributed by atoms with Crippen molar-refractivity contribution >= 4 is 0 Å². The van der Waals surface area contributed by atoms with Crippen molar-refractivity contribution in [2.24, 2.45) is 0 Å². The Morgan fingerprint density at radius 2 is 1.47 bits per heavy atom. The number of hydrogen-bond donors (Lipinski definition) is 0. The Morgan fingerprint density at radius 3 is 1.80 bits per heavy atom. The monoisotopic (exact) mass is 238 g/mol. The molecule has 0 rings (SSSR count). The van der Waals surface area contributed by atoms with Crippen LogP contribution in [-0.4, -0.2) is 31.0 Å². The maximum absolute atomic E-state index is 12.7. The van der Waals surface area contributed by atoms with Gasteiger partial charge in [0, 0.05) is 13.5 Å². The standard InChI is InChI=1S/C8H12F6O/c1-3-4-15-5-7(11,12)8(13,14)6(2,9)10/h3-5H2,1-2H3. The van der Waals surface area contributed by atoms with E-state index >= 15 is 0 Å². The van der Waals surface area contributed by atoms with Crippen molar-refractivity contribution in [3.8, 4) is 0 Å². The van der Waals surface area contributed by atoms with Gasteiger partial charge < -0.3 is 4.74 Å². The zero-order chi connectivity index (χ0) is 12.3. The SMILES string of the molecule is CCCOCC(F)(F)C(F)(F)C(C)(F)F. The molecule has 0 fully saturated rings. The maximum atomic E-state index is 12.7. The van der Waals surface area contributed by atoms with Crippen molar-refractivity contribution in [2.75, 3.05) is 13.2 Å². The number of hydrogen-bond acceptors (Lipinski definition) is 1. The summed E-state index contributed by atoms with van der Waals surface area (Å²) < 4.78 is 79.0. The molecule has 92 valence electrons. The molecule has 0 radical (unpaired) electrons. The second-order valence-corrected chi connectivity index (χ2v) is 3.22. The molecule has 0 aromatic rings. The summed E-state index contributed by atoms with van der Waals surface area (Å²) in [6.45, 7) is -0.566. The fourth-order valence-corrected chi connectivity index (χ4v) is 0.756. The van der Waals surface area contributed by atoms with E-state index in [1.807, 2.05) is 0 Å². The van der Waals surface area contributed by atoms with Crippen LogP contribution in [0.15, 0.2) is 0 Å². The average Bonchev–Trinajstić information content (AvgIpc) is 2.02. The summed E-state index contributed by atoms with van der Waals surface area (Å²) in [5.74, 6) is -15.1. The van der Waals surface area contributed by atoms with Crippen molar-refractivity contribution in [3.63, 3.8) is 0 Å². The minimum absolute atomic E-state index is 0.180. The average molecular weight is 238 g/mol. The third-order valence-electron chi connectivity index (χ3n) is 1.64. The van der Waals surface area contributed by atoms with E-state index in [1.165, 1.54) is 0 Å². The van der Waals surface area contributed by atoms with Gasteiger partial charge in [-0.25, -0.2) is 0 Å². The lowest BCUT2D eigenvalue weighted by molar-refractivity contribution is -0.313. The summed E-state index contributed by atoms with van der Waals surface area (Å²) in [6, 6.07) is 0. The second kappa shape index (κ2) is 4.59. The number of alkyl halides is 6. The minimum atomic E-state index is -5.41. The normalized spacial score (nSPS) is 14.4. The largest absolute Gasteiger partial charge is 0.375 e. The highest BCUT2D eigenvalue weighted by atomic mass is 19.3. The molecule has 0 amide bonds. The first-order chi connectivity index (χ1) is 6.56. The third kappa shape index (κ3) is 3.25. The van der Waals surface area contributed by atoms with Gasteiger partial charge in [0.15, 0.2) is 0 Å². The molecule has 0 spiro atoms. The molecule has 0 aliphatic rings. The van der Waals surface area contributed by atoms with Gasteiger partial charge in [-0.05, 0) is 6.42 Å². The molecule has 0 unspecified atom stereocenters. The van der Waals surface area contributed by atoms with Gasteiger partial charge >= 0.3 is 17.8 Å². The van der Waals surface area contributed by atoms with Gasteiger partial charge in [-0.1, -0.05) is 6.92 Å². The lowest BCUT2D eigenvalue weighted by atomic mass is 10.1. The summed E-state index contributed by atoms with van der Waals surface area (Å²) in [7, 11) is 0. The van der Waals surface area contributed by atoms with E-state index in [-0.39, 0.29) is 13.5 Å². The Kier molecular flexibility index (Phi) is 4.45. The molecule has 0 aromatic carbocycles. The number of halogens is 6. The molecule has 0 saturated carbocycles. The van der Waals surface area contributed by atoms with Crippen molar-refractivity contribution in [3.05, 3.63) is 0 Å². The van der Waals surface area contributed by atoms with E-state index in [9.17, 15) is 26.3 Å². The molecule has 0 heterocycles. The highest BCUT2D eigenvalue weighted by molar-refractivity contribution is 4.93. The van der Waals surface area contributed by atoms with Gasteiger partial charge in [-0.15, -0.1) is 0 Å². The summed E-state index contributed by atoms with van der Waals surface area (Å²) in [6.07, 6.45) is 0.337. The molecule has 1 nitrogen and oxygen atoms in total. The quantitative estimate of drug-likeness (QED) is 0.509. The van der Waals surface area contributed by atoms with Crippen LogP contribution in [-0.2, 0) is 4.74 Å². The molecular formula is C8H12F6O. The lowest BCUT2D eigenvalue weighted by Crippen LogP contribution is -2.54. The first-order valence-electron chi connectivity index (χ1n) is 4.27. The van der Waals surface area contributed by atoms with Crippen molar-refractivity contribution in [2.45, 2.75) is 38.0 Å². The van der Waals surface area contributed by atoms with Crippen LogP contribution >= 0.6 is 0 Å². The van der Waals surface area contributed by atoms with Gasteiger partial charge in [-0.2, -0.15) is 26.3 Å². The maximum Gasteiger partial charge on any atom is 0.373 e. The van der Waals surface area contributed by atoms with Crippen LogP contribution in [0.25, 0.3) is 0 Å². The third-order valence-corrected chi connectivity index (χ3v) is 1.64. The Hall–Kier alpha value is -0.460. The van der Waals surface area contributed by atoms with Crippen LogP contribution in [0.1, 0.15) is 20.3 Å². The minimum Gasteiger partial charge on any atom is -0.375 e. The summed E-state index contributed by atoms with van der Waals surface area (Å²) >= 11 is 0. The van der Waals surface area contributed by atoms with Crippen LogP contribution < -0.4 is 0 Å². The zero-order valence-electron chi connectivity index (χ0n) is 8.30. The van der Waals surface area contributed by atoms with Crippen LogP contribution in [0.4, 0.5) is 26.3 Å². The van der Waals surface area contributed by atoms with Crippen molar-refractivity contribution in [1.29, 1.82) is 0 Å². The topological polar surface area (TPSA) is 9.23 Å². The predicted molar refractivity (Wildman–Crippen MR) is 41.6 cm³/mol. The first-order valence-corrected chi connectivity index (χ1v) is 4.27. The van der Waals surface area contributed by atoms with Crippen LogP contribution in [0.3, 0.4) is 0 Å². The van der Waals surface area contributed by atoms with E-state index in [4.69, 9.17) is 0 Å². The fourth-order valence-electron chi connectivity index (χ4n) is 0.756. The zero-order valence-corrected chi connectivity index (χ0v) is 8.30. The van der Waals surface area contributed by atoms with Crippen LogP contribution in [0.2, 0.25) is 0 Å². The Labute approximate surface area is 83.4 Å². The molecular weight excluding hydrogens is 226 g/mol. The molecule has 0 N–H and O–H groups in total. The molecule has 0 saturated heterocycles. The molecule has 0 aliphatic heterocycles. The molecule has 7 heteroatoms. The van der Waals surface area contributed by atoms with Gasteiger partial charge in [0.1, 0.15) is 6.61 Å². The Morgan fingerprint density at radius 1 is 1.00 bits per heavy atom. The van der Waals surface area contributed by atoms with Gasteiger partial charge in [-0.3, -0.25) is 0 Å². The molecule has 0 atom stereocenters. The van der Waals surface area contributed by atoms with E-state index in [1.54, 1.807) is 6.92 Å². The van der Waals surface area contributed by atoms with Crippen LogP contribution in [0.5, 0.6) is 0 Å². The summed E-state index contributed by atoms with van der Waals surface area (Å²) in [5, 5.41) is 0. The van der Waals surface area contributed by atoms with Gasteiger partial charge in [0.2, 0.25) is 0 Å². The highest BCUT2D eigenvalue weighted by Gasteiger charge is 2.69. The highest BCUT2D eigenvalue weighted by Crippen LogP contribution is 2.45. The second-order valence-electron chi connectivity index (χ2n) is 3.22. The Balaban J connectivity index is 4.56. The van der Waals surface area contributed by atoms with E-state index in [0.717, 1.165) is 0 Å². The Bertz CT molecular complexity index is 198. The molecule has 0 aliphatic carbocycles. The predicted octanol–water partition coefficient (Wildman–Crippen LogP) is 3.34. The fraction of sp³-hybridized carbons (Fsp3) is 1.00. The van der Waals surface area contributed by atoms with Crippen molar-refractivity contribution < 1.29 is 31.1 Å².